The number of nitrogens with one attached hydrogen (secondary N) is 2. The second-order valence-corrected chi connectivity index (χ2v) is 4.14. The van der Waals surface area contributed by atoms with E-state index in [2.05, 4.69) is 10.6 Å². The smallest absolute Gasteiger partial charge is 0.228 e. The minimum Gasteiger partial charge on any atom is -0.326 e. The fraction of sp³-hybridized carbons (Fsp3) is 0.417. The zero-order valence-corrected chi connectivity index (χ0v) is 10.4. The summed E-state index contributed by atoms with van der Waals surface area (Å²) in [6.45, 7) is 3.30. The Bertz CT molecular complexity index is 405. The Labute approximate surface area is 106 Å². The third-order valence-corrected chi connectivity index (χ3v) is 2.86. The zero-order chi connectivity index (χ0) is 11.5. The van der Waals surface area contributed by atoms with Crippen LogP contribution in [-0.2, 0) is 4.79 Å². The van der Waals surface area contributed by atoms with Crippen LogP contribution in [0.15, 0.2) is 18.2 Å². The first-order valence-electron chi connectivity index (χ1n) is 5.44. The number of carbonyl (C=O) groups excluding carboxylic acids is 1. The minimum atomic E-state index is -0.250. The maximum atomic E-state index is 13.0. The molecule has 0 aromatic heterocycles. The van der Waals surface area contributed by atoms with Crippen molar-refractivity contribution in [2.24, 2.45) is 5.92 Å². The summed E-state index contributed by atoms with van der Waals surface area (Å²) in [6.07, 6.45) is 0.867. The summed E-state index contributed by atoms with van der Waals surface area (Å²) in [5, 5.41) is 5.94. The van der Waals surface area contributed by atoms with Crippen LogP contribution in [0, 0.1) is 18.7 Å². The van der Waals surface area contributed by atoms with Gasteiger partial charge in [-0.1, -0.05) is 0 Å². The largest absolute Gasteiger partial charge is 0.326 e. The summed E-state index contributed by atoms with van der Waals surface area (Å²) >= 11 is 0. The van der Waals surface area contributed by atoms with Gasteiger partial charge < -0.3 is 10.6 Å². The van der Waals surface area contributed by atoms with E-state index in [1.54, 1.807) is 19.1 Å². The highest BCUT2D eigenvalue weighted by atomic mass is 35.5. The first-order valence-corrected chi connectivity index (χ1v) is 5.44. The molecule has 1 heterocycles. The highest BCUT2D eigenvalue weighted by Crippen LogP contribution is 2.16. The lowest BCUT2D eigenvalue weighted by molar-refractivity contribution is -0.119. The van der Waals surface area contributed by atoms with Crippen molar-refractivity contribution in [1.82, 2.24) is 5.32 Å². The van der Waals surface area contributed by atoms with Crippen LogP contribution in [0.1, 0.15) is 12.0 Å². The average Bonchev–Trinajstić information content (AvgIpc) is 2.77. The molecule has 1 atom stereocenters. The summed E-state index contributed by atoms with van der Waals surface area (Å²) < 4.78 is 13.0. The van der Waals surface area contributed by atoms with Gasteiger partial charge in [0.05, 0.1) is 5.92 Å². The fourth-order valence-electron chi connectivity index (χ4n) is 1.85. The molecule has 1 amide bonds. The van der Waals surface area contributed by atoms with Gasteiger partial charge in [-0.15, -0.1) is 12.4 Å². The van der Waals surface area contributed by atoms with Gasteiger partial charge >= 0.3 is 0 Å². The zero-order valence-electron chi connectivity index (χ0n) is 9.63. The van der Waals surface area contributed by atoms with E-state index in [4.69, 9.17) is 0 Å². The van der Waals surface area contributed by atoms with Crippen molar-refractivity contribution in [1.29, 1.82) is 0 Å². The van der Waals surface area contributed by atoms with Crippen molar-refractivity contribution >= 4 is 24.0 Å². The molecule has 1 aromatic carbocycles. The van der Waals surface area contributed by atoms with E-state index in [-0.39, 0.29) is 30.0 Å². The van der Waals surface area contributed by atoms with Gasteiger partial charge in [0, 0.05) is 12.2 Å². The van der Waals surface area contributed by atoms with Gasteiger partial charge in [0.15, 0.2) is 0 Å². The molecule has 0 bridgehead atoms. The number of amides is 1. The second-order valence-electron chi connectivity index (χ2n) is 4.14. The van der Waals surface area contributed by atoms with Crippen LogP contribution in [-0.4, -0.2) is 19.0 Å². The standard InChI is InChI=1S/C12H15FN2O.ClH/c1-8-6-10(2-3-11(8)13)15-12(16)9-4-5-14-7-9;/h2-3,6,9,14H,4-5,7H2,1H3,(H,15,16);1H. The van der Waals surface area contributed by atoms with Crippen LogP contribution < -0.4 is 10.6 Å². The van der Waals surface area contributed by atoms with Crippen LogP contribution in [0.5, 0.6) is 0 Å². The van der Waals surface area contributed by atoms with Crippen LogP contribution in [0.25, 0.3) is 0 Å². The van der Waals surface area contributed by atoms with E-state index >= 15 is 0 Å². The van der Waals surface area contributed by atoms with E-state index < -0.39 is 0 Å². The average molecular weight is 259 g/mol. The second kappa shape index (κ2) is 5.98. The number of halogens is 2. The van der Waals surface area contributed by atoms with Gasteiger partial charge in [-0.25, -0.2) is 4.39 Å². The highest BCUT2D eigenvalue weighted by Gasteiger charge is 2.22. The number of hydrogen-bond donors (Lipinski definition) is 2. The van der Waals surface area contributed by atoms with Crippen molar-refractivity contribution in [3.63, 3.8) is 0 Å². The molecule has 2 rings (SSSR count). The summed E-state index contributed by atoms with van der Waals surface area (Å²) in [5.41, 5.74) is 1.21. The molecule has 1 aromatic rings. The van der Waals surface area contributed by atoms with Crippen LogP contribution in [0.2, 0.25) is 0 Å². The summed E-state index contributed by atoms with van der Waals surface area (Å²) in [5.74, 6) is -0.207. The normalized spacial score (nSPS) is 18.6. The third-order valence-electron chi connectivity index (χ3n) is 2.86. The minimum absolute atomic E-state index is 0. The summed E-state index contributed by atoms with van der Waals surface area (Å²) in [6, 6.07) is 4.61. The molecule has 94 valence electrons. The van der Waals surface area contributed by atoms with E-state index in [0.717, 1.165) is 19.5 Å². The molecule has 1 aliphatic rings. The maximum Gasteiger partial charge on any atom is 0.228 e. The first-order chi connectivity index (χ1) is 7.66. The molecule has 0 spiro atoms. The van der Waals surface area contributed by atoms with Gasteiger partial charge in [-0.3, -0.25) is 4.79 Å². The van der Waals surface area contributed by atoms with Crippen molar-refractivity contribution < 1.29 is 9.18 Å². The molecule has 0 radical (unpaired) electrons. The molecule has 3 nitrogen and oxygen atoms in total. The topological polar surface area (TPSA) is 41.1 Å². The van der Waals surface area contributed by atoms with Gasteiger partial charge in [-0.2, -0.15) is 0 Å². The molecule has 1 unspecified atom stereocenters. The van der Waals surface area contributed by atoms with Crippen LogP contribution in [0.4, 0.5) is 10.1 Å². The molecular formula is C12H16ClFN2O. The van der Waals surface area contributed by atoms with Gasteiger partial charge in [0.2, 0.25) is 5.91 Å². The Morgan fingerprint density at radius 1 is 1.53 bits per heavy atom. The lowest BCUT2D eigenvalue weighted by Gasteiger charge is -2.10. The monoisotopic (exact) mass is 258 g/mol. The summed E-state index contributed by atoms with van der Waals surface area (Å²) in [7, 11) is 0. The molecule has 0 saturated carbocycles. The number of aryl methyl sites for hydroxylation is 1. The van der Waals surface area contributed by atoms with Crippen molar-refractivity contribution in [2.45, 2.75) is 13.3 Å². The lowest BCUT2D eigenvalue weighted by Crippen LogP contribution is -2.24. The Morgan fingerprint density at radius 2 is 2.29 bits per heavy atom. The number of anilines is 1. The number of rotatable bonds is 2. The van der Waals surface area contributed by atoms with Crippen LogP contribution in [0.3, 0.4) is 0 Å². The molecule has 1 saturated heterocycles. The van der Waals surface area contributed by atoms with E-state index in [1.165, 1.54) is 6.07 Å². The van der Waals surface area contributed by atoms with Crippen LogP contribution >= 0.6 is 12.4 Å². The Morgan fingerprint density at radius 3 is 2.88 bits per heavy atom. The number of carbonyl (C=O) groups is 1. The highest BCUT2D eigenvalue weighted by molar-refractivity contribution is 5.92. The van der Waals surface area contributed by atoms with Crippen molar-refractivity contribution in [2.75, 3.05) is 18.4 Å². The van der Waals surface area contributed by atoms with Gasteiger partial charge in [0.1, 0.15) is 5.82 Å². The Balaban J connectivity index is 0.00000144. The molecule has 5 heteroatoms. The summed E-state index contributed by atoms with van der Waals surface area (Å²) in [4.78, 5) is 11.8. The van der Waals surface area contributed by atoms with E-state index in [0.29, 0.717) is 11.3 Å². The maximum absolute atomic E-state index is 13.0. The quantitative estimate of drug-likeness (QED) is 0.853. The predicted octanol–water partition coefficient (Wildman–Crippen LogP) is 2.10. The Hall–Kier alpha value is -1.13. The first kappa shape index (κ1) is 13.9. The lowest BCUT2D eigenvalue weighted by atomic mass is 10.1. The van der Waals surface area contributed by atoms with Gasteiger partial charge in [-0.05, 0) is 43.7 Å². The molecule has 2 N–H and O–H groups in total. The van der Waals surface area contributed by atoms with E-state index in [9.17, 15) is 9.18 Å². The number of benzene rings is 1. The molecule has 0 aliphatic carbocycles. The molecule has 1 aliphatic heterocycles. The SMILES string of the molecule is Cc1cc(NC(=O)C2CCNC2)ccc1F.Cl. The predicted molar refractivity (Wildman–Crippen MR) is 68.0 cm³/mol. The van der Waals surface area contributed by atoms with Crippen molar-refractivity contribution in [3.05, 3.63) is 29.6 Å². The fourth-order valence-corrected chi connectivity index (χ4v) is 1.85. The van der Waals surface area contributed by atoms with Crippen molar-refractivity contribution in [3.8, 4) is 0 Å². The molecule has 1 fully saturated rings. The molecule has 17 heavy (non-hydrogen) atoms. The third kappa shape index (κ3) is 3.41. The Kier molecular flexibility index (Phi) is 4.90. The van der Waals surface area contributed by atoms with E-state index in [1.807, 2.05) is 0 Å². The molecular weight excluding hydrogens is 243 g/mol. The number of hydrogen-bond acceptors (Lipinski definition) is 2. The van der Waals surface area contributed by atoms with Gasteiger partial charge in [0.25, 0.3) is 0 Å².